The number of benzene rings is 2. The van der Waals surface area contributed by atoms with E-state index in [2.05, 4.69) is 4.99 Å². The topological polar surface area (TPSA) is 38.7 Å². The number of esters is 1. The summed E-state index contributed by atoms with van der Waals surface area (Å²) < 4.78 is 18.0. The summed E-state index contributed by atoms with van der Waals surface area (Å²) in [7, 11) is 0. The fraction of sp³-hybridized carbons (Fsp3) is 0. The molecule has 0 saturated heterocycles. The summed E-state index contributed by atoms with van der Waals surface area (Å²) in [5, 5.41) is 0.589. The first-order valence-electron chi connectivity index (χ1n) is 6.16. The molecule has 0 saturated carbocycles. The molecule has 2 aromatic rings. The van der Waals surface area contributed by atoms with Crippen LogP contribution in [0.1, 0.15) is 11.1 Å². The molecule has 0 amide bonds. The second-order valence-corrected chi connectivity index (χ2v) is 4.83. The molecule has 104 valence electrons. The molecule has 0 atom stereocenters. The average Bonchev–Trinajstić information content (AvgIpc) is 2.83. The van der Waals surface area contributed by atoms with E-state index in [1.165, 1.54) is 12.1 Å². The highest BCUT2D eigenvalue weighted by Crippen LogP contribution is 2.20. The molecule has 0 bridgehead atoms. The molecule has 3 rings (SSSR count). The maximum Gasteiger partial charge on any atom is 0.363 e. The van der Waals surface area contributed by atoms with Crippen molar-refractivity contribution in [2.24, 2.45) is 4.99 Å². The minimum atomic E-state index is -0.538. The van der Waals surface area contributed by atoms with E-state index >= 15 is 0 Å². The van der Waals surface area contributed by atoms with E-state index in [0.29, 0.717) is 16.1 Å². The number of hydrogen-bond donors (Lipinski definition) is 0. The Morgan fingerprint density at radius 2 is 1.71 bits per heavy atom. The number of ether oxygens (including phenoxy) is 1. The van der Waals surface area contributed by atoms with Crippen molar-refractivity contribution in [3.05, 3.63) is 76.2 Å². The molecule has 0 unspecified atom stereocenters. The van der Waals surface area contributed by atoms with Crippen molar-refractivity contribution in [2.75, 3.05) is 0 Å². The van der Waals surface area contributed by atoms with Gasteiger partial charge in [0.25, 0.3) is 0 Å². The Kier molecular flexibility index (Phi) is 3.54. The zero-order valence-corrected chi connectivity index (χ0v) is 11.5. The van der Waals surface area contributed by atoms with Crippen molar-refractivity contribution in [1.29, 1.82) is 0 Å². The number of hydrogen-bond acceptors (Lipinski definition) is 3. The standard InChI is InChI=1S/C16H9ClFNO2/c17-12-5-3-11(4-6-12)15-19-14(16(20)21-15)9-10-1-7-13(18)8-2-10/h1-9H/b14-9-. The Labute approximate surface area is 125 Å². The Bertz CT molecular complexity index is 749. The zero-order chi connectivity index (χ0) is 14.8. The molecular formula is C16H9ClFNO2. The summed E-state index contributed by atoms with van der Waals surface area (Å²) in [6.07, 6.45) is 1.55. The van der Waals surface area contributed by atoms with Gasteiger partial charge >= 0.3 is 5.97 Å². The minimum absolute atomic E-state index is 0.173. The van der Waals surface area contributed by atoms with Crippen LogP contribution in [0.3, 0.4) is 0 Å². The van der Waals surface area contributed by atoms with E-state index in [4.69, 9.17) is 16.3 Å². The van der Waals surface area contributed by atoms with Gasteiger partial charge in [0.15, 0.2) is 5.70 Å². The van der Waals surface area contributed by atoms with Crippen LogP contribution in [-0.2, 0) is 9.53 Å². The Balaban J connectivity index is 1.91. The molecule has 1 aliphatic rings. The quantitative estimate of drug-likeness (QED) is 0.625. The molecule has 1 aliphatic heterocycles. The first kappa shape index (κ1) is 13.5. The number of cyclic esters (lactones) is 1. The number of aliphatic imine (C=N–C) groups is 1. The summed E-state index contributed by atoms with van der Waals surface area (Å²) >= 11 is 5.81. The van der Waals surface area contributed by atoms with Gasteiger partial charge in [0.2, 0.25) is 5.90 Å². The van der Waals surface area contributed by atoms with Crippen molar-refractivity contribution in [3.63, 3.8) is 0 Å². The van der Waals surface area contributed by atoms with E-state index < -0.39 is 5.97 Å². The third-order valence-corrected chi connectivity index (χ3v) is 3.14. The van der Waals surface area contributed by atoms with Crippen molar-refractivity contribution in [3.8, 4) is 0 Å². The SMILES string of the molecule is O=C1OC(c2ccc(Cl)cc2)=N/C1=C\c1ccc(F)cc1. The zero-order valence-electron chi connectivity index (χ0n) is 10.7. The lowest BCUT2D eigenvalue weighted by Gasteiger charge is -1.98. The van der Waals surface area contributed by atoms with E-state index in [1.54, 1.807) is 42.5 Å². The Morgan fingerprint density at radius 3 is 2.38 bits per heavy atom. The van der Waals surface area contributed by atoms with Gasteiger partial charge in [-0.15, -0.1) is 0 Å². The van der Waals surface area contributed by atoms with Gasteiger partial charge in [-0.2, -0.15) is 0 Å². The summed E-state index contributed by atoms with van der Waals surface area (Å²) in [5.74, 6) is -0.647. The maximum absolute atomic E-state index is 12.8. The monoisotopic (exact) mass is 301 g/mol. The molecule has 0 radical (unpaired) electrons. The van der Waals surface area contributed by atoms with Gasteiger partial charge in [-0.25, -0.2) is 14.2 Å². The highest BCUT2D eigenvalue weighted by molar-refractivity contribution is 6.30. The summed E-state index contributed by atoms with van der Waals surface area (Å²) in [4.78, 5) is 15.9. The maximum atomic E-state index is 12.8. The second-order valence-electron chi connectivity index (χ2n) is 4.39. The predicted molar refractivity (Wildman–Crippen MR) is 78.5 cm³/mol. The van der Waals surface area contributed by atoms with Gasteiger partial charge in [-0.05, 0) is 48.0 Å². The molecule has 1 heterocycles. The van der Waals surface area contributed by atoms with Crippen LogP contribution in [0.5, 0.6) is 0 Å². The molecule has 0 spiro atoms. The summed E-state index contributed by atoms with van der Waals surface area (Å²) in [5.41, 5.74) is 1.51. The van der Waals surface area contributed by atoms with Crippen molar-refractivity contribution in [2.45, 2.75) is 0 Å². The van der Waals surface area contributed by atoms with Gasteiger partial charge in [0.05, 0.1) is 0 Å². The smallest absolute Gasteiger partial charge is 0.363 e. The first-order valence-corrected chi connectivity index (χ1v) is 6.54. The number of rotatable bonds is 2. The highest BCUT2D eigenvalue weighted by Gasteiger charge is 2.23. The predicted octanol–water partition coefficient (Wildman–Crippen LogP) is 3.82. The fourth-order valence-electron chi connectivity index (χ4n) is 1.84. The van der Waals surface area contributed by atoms with Crippen LogP contribution in [0.25, 0.3) is 6.08 Å². The lowest BCUT2D eigenvalue weighted by molar-refractivity contribution is -0.129. The molecular weight excluding hydrogens is 293 g/mol. The van der Waals surface area contributed by atoms with Gasteiger partial charge in [0.1, 0.15) is 5.82 Å². The normalized spacial score (nSPS) is 16.0. The third kappa shape index (κ3) is 3.01. The number of nitrogens with zero attached hydrogens (tertiary/aromatic N) is 1. The van der Waals surface area contributed by atoms with E-state index in [1.807, 2.05) is 0 Å². The van der Waals surface area contributed by atoms with E-state index in [0.717, 1.165) is 0 Å². The van der Waals surface area contributed by atoms with Gasteiger partial charge in [-0.1, -0.05) is 23.7 Å². The fourth-order valence-corrected chi connectivity index (χ4v) is 1.97. The third-order valence-electron chi connectivity index (χ3n) is 2.89. The Morgan fingerprint density at radius 1 is 1.05 bits per heavy atom. The second kappa shape index (κ2) is 5.50. The van der Waals surface area contributed by atoms with Crippen molar-refractivity contribution < 1.29 is 13.9 Å². The number of halogens is 2. The van der Waals surface area contributed by atoms with Crippen LogP contribution in [-0.4, -0.2) is 11.9 Å². The van der Waals surface area contributed by atoms with E-state index in [-0.39, 0.29) is 17.4 Å². The molecule has 5 heteroatoms. The van der Waals surface area contributed by atoms with E-state index in [9.17, 15) is 9.18 Å². The Hall–Kier alpha value is -2.46. The number of carbonyl (C=O) groups excluding carboxylic acids is 1. The van der Waals surface area contributed by atoms with Crippen LogP contribution >= 0.6 is 11.6 Å². The van der Waals surface area contributed by atoms with Gasteiger partial charge in [0, 0.05) is 10.6 Å². The minimum Gasteiger partial charge on any atom is -0.402 e. The largest absolute Gasteiger partial charge is 0.402 e. The summed E-state index contributed by atoms with van der Waals surface area (Å²) in [6, 6.07) is 12.6. The van der Waals surface area contributed by atoms with Crippen LogP contribution in [0.4, 0.5) is 4.39 Å². The number of carbonyl (C=O) groups is 1. The van der Waals surface area contributed by atoms with Crippen LogP contribution in [0.2, 0.25) is 5.02 Å². The lowest BCUT2D eigenvalue weighted by atomic mass is 10.2. The molecule has 0 N–H and O–H groups in total. The molecule has 3 nitrogen and oxygen atoms in total. The molecule has 0 aliphatic carbocycles. The summed E-state index contributed by atoms with van der Waals surface area (Å²) in [6.45, 7) is 0. The first-order chi connectivity index (χ1) is 10.1. The van der Waals surface area contributed by atoms with Crippen LogP contribution in [0.15, 0.2) is 59.2 Å². The van der Waals surface area contributed by atoms with Gasteiger partial charge < -0.3 is 4.74 Å². The molecule has 0 fully saturated rings. The van der Waals surface area contributed by atoms with Crippen LogP contribution < -0.4 is 0 Å². The molecule has 0 aromatic heterocycles. The molecule has 2 aromatic carbocycles. The average molecular weight is 302 g/mol. The van der Waals surface area contributed by atoms with Gasteiger partial charge in [-0.3, -0.25) is 0 Å². The van der Waals surface area contributed by atoms with Crippen LogP contribution in [0, 0.1) is 5.82 Å². The molecule has 21 heavy (non-hydrogen) atoms. The van der Waals surface area contributed by atoms with Crippen molar-refractivity contribution >= 4 is 29.5 Å². The lowest BCUT2D eigenvalue weighted by Crippen LogP contribution is -2.05. The van der Waals surface area contributed by atoms with Crippen molar-refractivity contribution in [1.82, 2.24) is 0 Å². The highest BCUT2D eigenvalue weighted by atomic mass is 35.5.